The van der Waals surface area contributed by atoms with Gasteiger partial charge in [-0.1, -0.05) is 29.3 Å². The highest BCUT2D eigenvalue weighted by atomic mass is 35.5. The number of hydrogen-bond acceptors (Lipinski definition) is 7. The van der Waals surface area contributed by atoms with Gasteiger partial charge in [0.1, 0.15) is 11.3 Å². The van der Waals surface area contributed by atoms with Crippen LogP contribution in [0.25, 0.3) is 5.69 Å². The number of aromatic amines is 1. The SMILES string of the molecule is Cc1ccc(Oc2c(Cl)cc(-n3nc(C(F)F)c(=O)[nH]c3=O)cc2Cl)cc1S(=O)(=O)NC1(C(=O)NC2CC2)CC1. The van der Waals surface area contributed by atoms with Crippen LogP contribution in [0.4, 0.5) is 8.78 Å². The summed E-state index contributed by atoms with van der Waals surface area (Å²) >= 11 is 12.6. The molecule has 0 bridgehead atoms. The number of rotatable bonds is 9. The fraction of sp³-hybridized carbons (Fsp3) is 0.333. The van der Waals surface area contributed by atoms with Crippen molar-refractivity contribution >= 4 is 39.1 Å². The number of halogens is 4. The van der Waals surface area contributed by atoms with Crippen molar-refractivity contribution in [3.05, 3.63) is 72.5 Å². The molecule has 11 nitrogen and oxygen atoms in total. The lowest BCUT2D eigenvalue weighted by molar-refractivity contribution is -0.123. The number of aromatic nitrogens is 3. The van der Waals surface area contributed by atoms with Crippen molar-refractivity contribution in [1.29, 1.82) is 0 Å². The van der Waals surface area contributed by atoms with E-state index in [0.29, 0.717) is 23.1 Å². The summed E-state index contributed by atoms with van der Waals surface area (Å²) < 4.78 is 61.6. The van der Waals surface area contributed by atoms with Gasteiger partial charge in [0.05, 0.1) is 20.6 Å². The average molecular weight is 616 g/mol. The molecule has 212 valence electrons. The minimum Gasteiger partial charge on any atom is -0.454 e. The summed E-state index contributed by atoms with van der Waals surface area (Å²) in [5.41, 5.74) is -4.54. The van der Waals surface area contributed by atoms with Crippen LogP contribution in [0.2, 0.25) is 10.0 Å². The van der Waals surface area contributed by atoms with E-state index >= 15 is 0 Å². The number of alkyl halides is 2. The van der Waals surface area contributed by atoms with Crippen molar-refractivity contribution in [3.8, 4) is 17.2 Å². The Morgan fingerprint density at radius 3 is 2.40 bits per heavy atom. The smallest absolute Gasteiger partial charge is 0.349 e. The monoisotopic (exact) mass is 615 g/mol. The van der Waals surface area contributed by atoms with Crippen molar-refractivity contribution in [2.24, 2.45) is 0 Å². The van der Waals surface area contributed by atoms with Crippen LogP contribution in [0, 0.1) is 6.92 Å². The fourth-order valence-electron chi connectivity index (χ4n) is 3.91. The van der Waals surface area contributed by atoms with E-state index in [4.69, 9.17) is 27.9 Å². The summed E-state index contributed by atoms with van der Waals surface area (Å²) in [6.07, 6.45) is -0.747. The summed E-state index contributed by atoms with van der Waals surface area (Å²) in [5.74, 6) is -0.436. The number of nitrogens with one attached hydrogen (secondary N) is 3. The van der Waals surface area contributed by atoms with E-state index in [0.717, 1.165) is 25.0 Å². The highest BCUT2D eigenvalue weighted by Crippen LogP contribution is 2.41. The molecular weight excluding hydrogens is 595 g/mol. The van der Waals surface area contributed by atoms with Crippen molar-refractivity contribution in [3.63, 3.8) is 0 Å². The number of carbonyl (C=O) groups is 1. The van der Waals surface area contributed by atoms with Crippen LogP contribution < -0.4 is 26.0 Å². The first-order chi connectivity index (χ1) is 18.8. The van der Waals surface area contributed by atoms with Crippen molar-refractivity contribution in [2.75, 3.05) is 0 Å². The van der Waals surface area contributed by atoms with Gasteiger partial charge in [-0.3, -0.25) is 14.6 Å². The highest BCUT2D eigenvalue weighted by molar-refractivity contribution is 7.89. The largest absolute Gasteiger partial charge is 0.454 e. The fourth-order valence-corrected chi connectivity index (χ4v) is 6.15. The lowest BCUT2D eigenvalue weighted by Gasteiger charge is -2.19. The minimum atomic E-state index is -4.14. The summed E-state index contributed by atoms with van der Waals surface area (Å²) in [4.78, 5) is 38.0. The molecule has 16 heteroatoms. The third kappa shape index (κ3) is 5.61. The first-order valence-corrected chi connectivity index (χ1v) is 14.2. The van der Waals surface area contributed by atoms with E-state index in [1.165, 1.54) is 18.2 Å². The highest BCUT2D eigenvalue weighted by Gasteiger charge is 2.53. The van der Waals surface area contributed by atoms with Gasteiger partial charge >= 0.3 is 5.69 Å². The second-order valence-electron chi connectivity index (χ2n) is 9.56. The lowest BCUT2D eigenvalue weighted by Crippen LogP contribution is -2.49. The summed E-state index contributed by atoms with van der Waals surface area (Å²) in [6, 6.07) is 6.60. The molecule has 0 spiro atoms. The average Bonchev–Trinajstić information content (AvgIpc) is 3.79. The van der Waals surface area contributed by atoms with Gasteiger partial charge < -0.3 is 10.1 Å². The number of sulfonamides is 1. The zero-order valence-electron chi connectivity index (χ0n) is 20.6. The van der Waals surface area contributed by atoms with Crippen molar-refractivity contribution < 1.29 is 26.7 Å². The van der Waals surface area contributed by atoms with Gasteiger partial charge in [0.25, 0.3) is 12.0 Å². The molecule has 0 atom stereocenters. The number of carbonyl (C=O) groups excluding carboxylic acids is 1. The molecule has 0 saturated heterocycles. The number of nitrogens with zero attached hydrogens (tertiary/aromatic N) is 2. The quantitative estimate of drug-likeness (QED) is 0.334. The van der Waals surface area contributed by atoms with E-state index in [-0.39, 0.29) is 44.1 Å². The Labute approximate surface area is 235 Å². The Morgan fingerprint density at radius 2 is 1.82 bits per heavy atom. The molecule has 0 radical (unpaired) electrons. The topological polar surface area (TPSA) is 152 Å². The molecule has 1 amide bonds. The molecule has 2 saturated carbocycles. The maximum Gasteiger partial charge on any atom is 0.349 e. The van der Waals surface area contributed by atoms with Gasteiger partial charge in [0, 0.05) is 12.1 Å². The second-order valence-corrected chi connectivity index (χ2v) is 12.0. The minimum absolute atomic E-state index is 0.0362. The van der Waals surface area contributed by atoms with Gasteiger partial charge in [0.2, 0.25) is 15.9 Å². The molecule has 2 aromatic carbocycles. The van der Waals surface area contributed by atoms with Crippen molar-refractivity contribution in [1.82, 2.24) is 24.8 Å². The summed E-state index contributed by atoms with van der Waals surface area (Å²) in [6.45, 7) is 1.58. The van der Waals surface area contributed by atoms with Crippen molar-refractivity contribution in [2.45, 2.75) is 55.5 Å². The number of H-pyrrole nitrogens is 1. The number of ether oxygens (including phenoxy) is 1. The second kappa shape index (κ2) is 10.3. The maximum absolute atomic E-state index is 13.3. The van der Waals surface area contributed by atoms with Crippen LogP contribution in [0.5, 0.6) is 11.5 Å². The molecule has 5 rings (SSSR count). The summed E-state index contributed by atoms with van der Waals surface area (Å²) in [5, 5.41) is 5.90. The van der Waals surface area contributed by atoms with Crippen LogP contribution in [-0.4, -0.2) is 40.7 Å². The molecule has 0 aliphatic heterocycles. The van der Waals surface area contributed by atoms with E-state index in [9.17, 15) is 31.6 Å². The van der Waals surface area contributed by atoms with Gasteiger partial charge in [-0.25, -0.2) is 22.0 Å². The van der Waals surface area contributed by atoms with Crippen LogP contribution >= 0.6 is 23.2 Å². The molecule has 40 heavy (non-hydrogen) atoms. The first kappa shape index (κ1) is 28.2. The van der Waals surface area contributed by atoms with Gasteiger partial charge in [-0.2, -0.15) is 14.5 Å². The zero-order valence-corrected chi connectivity index (χ0v) is 23.0. The number of benzene rings is 2. The number of hydrogen-bond donors (Lipinski definition) is 3. The van der Waals surface area contributed by atoms with E-state index in [1.807, 2.05) is 0 Å². The zero-order chi connectivity index (χ0) is 29.0. The van der Waals surface area contributed by atoms with E-state index in [2.05, 4.69) is 15.1 Å². The molecule has 3 aromatic rings. The molecule has 1 heterocycles. The Morgan fingerprint density at radius 1 is 1.18 bits per heavy atom. The van der Waals surface area contributed by atoms with Crippen LogP contribution in [0.3, 0.4) is 0 Å². The van der Waals surface area contributed by atoms with Crippen LogP contribution in [0.15, 0.2) is 44.8 Å². The first-order valence-electron chi connectivity index (χ1n) is 11.9. The number of aryl methyl sites for hydroxylation is 1. The van der Waals surface area contributed by atoms with Crippen LogP contribution in [-0.2, 0) is 14.8 Å². The third-order valence-corrected chi connectivity index (χ3v) is 8.62. The lowest BCUT2D eigenvalue weighted by atomic mass is 10.2. The third-order valence-electron chi connectivity index (χ3n) is 6.38. The molecule has 1 aromatic heterocycles. The van der Waals surface area contributed by atoms with Gasteiger partial charge in [-0.05, 0) is 56.4 Å². The van der Waals surface area contributed by atoms with Gasteiger partial charge in [-0.15, -0.1) is 0 Å². The standard InChI is InChI=1S/C24H21Cl2F2N5O6S/c1-11-2-5-14(10-17(11)40(37,38)32-24(6-7-24)22(35)29-12-3-4-12)39-19-15(25)8-13(9-16(19)26)33-23(36)30-21(34)18(31-33)20(27)28/h2,5,8-10,12,20,32H,3-4,6-7H2,1H3,(H,29,35)(H,30,34,36). The normalized spacial score (nSPS) is 16.1. The van der Waals surface area contributed by atoms with Crippen LogP contribution in [0.1, 0.15) is 43.4 Å². The predicted molar refractivity (Wildman–Crippen MR) is 140 cm³/mol. The Balaban J connectivity index is 1.42. The van der Waals surface area contributed by atoms with E-state index < -0.39 is 38.9 Å². The molecule has 2 fully saturated rings. The Bertz CT molecular complexity index is 1730. The molecule has 3 N–H and O–H groups in total. The molecule has 2 aliphatic carbocycles. The summed E-state index contributed by atoms with van der Waals surface area (Å²) in [7, 11) is -4.14. The Hall–Kier alpha value is -3.33. The molecular formula is C24H21Cl2F2N5O6S. The molecule has 0 unspecified atom stereocenters. The molecule has 2 aliphatic rings. The number of amides is 1. The Kier molecular flexibility index (Phi) is 7.23. The predicted octanol–water partition coefficient (Wildman–Crippen LogP) is 3.36. The maximum atomic E-state index is 13.3. The van der Waals surface area contributed by atoms with E-state index in [1.54, 1.807) is 11.9 Å². The van der Waals surface area contributed by atoms with Gasteiger partial charge in [0.15, 0.2) is 11.4 Å².